The fourth-order valence-electron chi connectivity index (χ4n) is 2.98. The number of halogens is 4. The summed E-state index contributed by atoms with van der Waals surface area (Å²) < 4.78 is 37.6. The molecule has 1 aromatic heterocycles. The molecule has 1 atom stereocenters. The van der Waals surface area contributed by atoms with Gasteiger partial charge in [-0.15, -0.1) is 24.0 Å². The third-order valence-corrected chi connectivity index (χ3v) is 4.06. The molecule has 0 spiro atoms. The average molecular weight is 500 g/mol. The van der Waals surface area contributed by atoms with Gasteiger partial charge in [0.2, 0.25) is 0 Å². The lowest BCUT2D eigenvalue weighted by Gasteiger charge is -2.20. The van der Waals surface area contributed by atoms with Gasteiger partial charge < -0.3 is 15.5 Å². The Morgan fingerprint density at radius 1 is 1.41 bits per heavy atom. The molecule has 0 bridgehead atoms. The summed E-state index contributed by atoms with van der Waals surface area (Å²) in [6.07, 6.45) is -1.76. The van der Waals surface area contributed by atoms with Gasteiger partial charge in [-0.3, -0.25) is 4.90 Å². The van der Waals surface area contributed by atoms with Gasteiger partial charge in [-0.05, 0) is 19.4 Å². The fourth-order valence-corrected chi connectivity index (χ4v) is 2.98. The van der Waals surface area contributed by atoms with E-state index in [1.807, 2.05) is 38.1 Å². The molecule has 1 aliphatic rings. The van der Waals surface area contributed by atoms with Gasteiger partial charge in [0.05, 0.1) is 13.1 Å². The zero-order valence-electron chi connectivity index (χ0n) is 15.9. The number of likely N-dealkylation sites (tertiary alicyclic amines) is 1. The quantitative estimate of drug-likeness (QED) is 0.357. The van der Waals surface area contributed by atoms with E-state index in [0.717, 1.165) is 11.4 Å². The van der Waals surface area contributed by atoms with Crippen LogP contribution in [-0.4, -0.2) is 68.3 Å². The summed E-state index contributed by atoms with van der Waals surface area (Å²) in [5, 5.41) is 6.40. The lowest BCUT2D eigenvalue weighted by Crippen LogP contribution is -2.45. The average Bonchev–Trinajstić information content (AvgIpc) is 2.98. The van der Waals surface area contributed by atoms with E-state index in [9.17, 15) is 13.2 Å². The van der Waals surface area contributed by atoms with Gasteiger partial charge in [-0.2, -0.15) is 13.2 Å². The smallest absolute Gasteiger partial charge is 0.362 e. The van der Waals surface area contributed by atoms with Gasteiger partial charge in [0.25, 0.3) is 0 Å². The van der Waals surface area contributed by atoms with Crippen molar-refractivity contribution in [2.75, 3.05) is 45.2 Å². The Kier molecular flexibility index (Phi) is 9.57. The van der Waals surface area contributed by atoms with Crippen LogP contribution in [0.25, 0.3) is 0 Å². The molecule has 1 fully saturated rings. The van der Waals surface area contributed by atoms with E-state index < -0.39 is 12.7 Å². The van der Waals surface area contributed by atoms with Crippen LogP contribution in [0.3, 0.4) is 0 Å². The summed E-state index contributed by atoms with van der Waals surface area (Å²) >= 11 is 0. The number of guanidine groups is 1. The van der Waals surface area contributed by atoms with Crippen LogP contribution in [-0.2, 0) is 6.54 Å². The molecule has 10 heteroatoms. The van der Waals surface area contributed by atoms with Crippen molar-refractivity contribution in [3.63, 3.8) is 0 Å². The number of anilines is 1. The maximum Gasteiger partial charge on any atom is 0.401 e. The molecule has 1 unspecified atom stereocenters. The summed E-state index contributed by atoms with van der Waals surface area (Å²) in [6, 6.07) is 3.79. The second kappa shape index (κ2) is 10.9. The van der Waals surface area contributed by atoms with E-state index in [4.69, 9.17) is 0 Å². The van der Waals surface area contributed by atoms with Crippen LogP contribution in [0.1, 0.15) is 18.9 Å². The zero-order valence-corrected chi connectivity index (χ0v) is 18.2. The Morgan fingerprint density at radius 2 is 2.15 bits per heavy atom. The molecule has 0 radical (unpaired) electrons. The van der Waals surface area contributed by atoms with Crippen molar-refractivity contribution in [3.05, 3.63) is 23.9 Å². The number of alkyl halides is 3. The lowest BCUT2D eigenvalue weighted by molar-refractivity contribution is -0.143. The predicted octanol–water partition coefficient (Wildman–Crippen LogP) is 2.46. The number of aliphatic imine (C=N–C) groups is 1. The number of nitrogens with zero attached hydrogens (tertiary/aromatic N) is 4. The van der Waals surface area contributed by atoms with Crippen molar-refractivity contribution in [3.8, 4) is 0 Å². The molecule has 0 saturated carbocycles. The second-order valence-corrected chi connectivity index (χ2v) is 6.56. The molecule has 2 N–H and O–H groups in total. The van der Waals surface area contributed by atoms with Gasteiger partial charge in [0, 0.05) is 51.5 Å². The van der Waals surface area contributed by atoms with E-state index in [-0.39, 0.29) is 30.0 Å². The Hall–Kier alpha value is -1.30. The van der Waals surface area contributed by atoms with E-state index >= 15 is 0 Å². The van der Waals surface area contributed by atoms with Crippen LogP contribution in [0, 0.1) is 0 Å². The van der Waals surface area contributed by atoms with Crippen LogP contribution >= 0.6 is 24.0 Å². The van der Waals surface area contributed by atoms with E-state index in [1.54, 1.807) is 6.20 Å². The molecular formula is C17H28F3IN6. The van der Waals surface area contributed by atoms with Gasteiger partial charge in [0.1, 0.15) is 5.82 Å². The van der Waals surface area contributed by atoms with Gasteiger partial charge in [-0.1, -0.05) is 6.07 Å². The fraction of sp³-hybridized carbons (Fsp3) is 0.647. The van der Waals surface area contributed by atoms with Gasteiger partial charge >= 0.3 is 6.18 Å². The van der Waals surface area contributed by atoms with E-state index in [2.05, 4.69) is 20.6 Å². The van der Waals surface area contributed by atoms with Crippen LogP contribution in [0.15, 0.2) is 23.3 Å². The van der Waals surface area contributed by atoms with Crippen molar-refractivity contribution < 1.29 is 13.2 Å². The maximum atomic E-state index is 12.5. The van der Waals surface area contributed by atoms with Crippen LogP contribution in [0.2, 0.25) is 0 Å². The number of aromatic nitrogens is 1. The summed E-state index contributed by atoms with van der Waals surface area (Å²) in [6.45, 7) is 3.01. The Morgan fingerprint density at radius 3 is 2.78 bits per heavy atom. The third kappa shape index (κ3) is 8.08. The number of nitrogens with one attached hydrogen (secondary N) is 2. The van der Waals surface area contributed by atoms with Gasteiger partial charge in [-0.25, -0.2) is 9.98 Å². The van der Waals surface area contributed by atoms with Crippen LogP contribution < -0.4 is 15.5 Å². The monoisotopic (exact) mass is 500 g/mol. The minimum atomic E-state index is -4.16. The number of hydrogen-bond acceptors (Lipinski definition) is 4. The van der Waals surface area contributed by atoms with Crippen molar-refractivity contribution >= 4 is 35.8 Å². The first-order valence-electron chi connectivity index (χ1n) is 8.73. The van der Waals surface area contributed by atoms with Crippen molar-refractivity contribution in [2.24, 2.45) is 4.99 Å². The summed E-state index contributed by atoms with van der Waals surface area (Å²) in [7, 11) is 3.85. The minimum absolute atomic E-state index is 0. The Labute approximate surface area is 175 Å². The normalized spacial score (nSPS) is 18.1. The van der Waals surface area contributed by atoms with E-state index in [1.165, 1.54) is 4.90 Å². The topological polar surface area (TPSA) is 55.8 Å². The van der Waals surface area contributed by atoms with Crippen molar-refractivity contribution in [2.45, 2.75) is 32.1 Å². The first-order valence-corrected chi connectivity index (χ1v) is 8.73. The summed E-state index contributed by atoms with van der Waals surface area (Å²) in [5.74, 6) is 1.46. The highest BCUT2D eigenvalue weighted by Crippen LogP contribution is 2.20. The molecule has 0 aliphatic carbocycles. The first kappa shape index (κ1) is 23.7. The third-order valence-electron chi connectivity index (χ3n) is 4.06. The highest BCUT2D eigenvalue weighted by molar-refractivity contribution is 14.0. The molecule has 0 amide bonds. The molecule has 2 heterocycles. The Balaban J connectivity index is 0.00000364. The Bertz CT molecular complexity index is 609. The minimum Gasteiger partial charge on any atom is -0.362 e. The molecule has 154 valence electrons. The van der Waals surface area contributed by atoms with E-state index in [0.29, 0.717) is 38.6 Å². The molecule has 1 aliphatic heterocycles. The number of hydrogen-bond donors (Lipinski definition) is 2. The highest BCUT2D eigenvalue weighted by atomic mass is 127. The highest BCUT2D eigenvalue weighted by Gasteiger charge is 2.34. The molecule has 0 aromatic carbocycles. The van der Waals surface area contributed by atoms with Crippen molar-refractivity contribution in [1.82, 2.24) is 20.5 Å². The SMILES string of the molecule is CCNC(=NCc1cccnc1N(C)C)NC1CCN(CC(F)(F)F)C1.I. The lowest BCUT2D eigenvalue weighted by atomic mass is 10.2. The molecule has 6 nitrogen and oxygen atoms in total. The van der Waals surface area contributed by atoms with Crippen molar-refractivity contribution in [1.29, 1.82) is 0 Å². The van der Waals surface area contributed by atoms with Crippen LogP contribution in [0.5, 0.6) is 0 Å². The molecule has 1 aromatic rings. The number of rotatable bonds is 6. The van der Waals surface area contributed by atoms with Crippen LogP contribution in [0.4, 0.5) is 19.0 Å². The molecule has 27 heavy (non-hydrogen) atoms. The molecule has 1 saturated heterocycles. The summed E-state index contributed by atoms with van der Waals surface area (Å²) in [4.78, 5) is 12.3. The van der Waals surface area contributed by atoms with Gasteiger partial charge in [0.15, 0.2) is 5.96 Å². The maximum absolute atomic E-state index is 12.5. The molecular weight excluding hydrogens is 472 g/mol. The zero-order chi connectivity index (χ0) is 19.2. The number of pyridine rings is 1. The second-order valence-electron chi connectivity index (χ2n) is 6.56. The molecule has 2 rings (SSSR count). The predicted molar refractivity (Wildman–Crippen MR) is 113 cm³/mol. The standard InChI is InChI=1S/C17H27F3N6.HI/c1-4-21-16(23-10-13-6-5-8-22-15(13)25(2)3)24-14-7-9-26(11-14)12-17(18,19)20;/h5-6,8,14H,4,7,9-12H2,1-3H3,(H2,21,23,24);1H. The first-order chi connectivity index (χ1) is 12.3. The summed E-state index contributed by atoms with van der Waals surface area (Å²) in [5.41, 5.74) is 0.986. The largest absolute Gasteiger partial charge is 0.401 e.